The van der Waals surface area contributed by atoms with E-state index >= 15 is 0 Å². The lowest BCUT2D eigenvalue weighted by atomic mass is 10.1. The van der Waals surface area contributed by atoms with E-state index in [1.165, 1.54) is 16.9 Å². The maximum Gasteiger partial charge on any atom is 0.0832 e. The molecular formula is C17H17ClN4. The highest BCUT2D eigenvalue weighted by Gasteiger charge is 2.28. The summed E-state index contributed by atoms with van der Waals surface area (Å²) in [5.41, 5.74) is 12.4. The van der Waals surface area contributed by atoms with Crippen molar-refractivity contribution in [3.05, 3.63) is 64.8 Å². The van der Waals surface area contributed by atoms with Crippen LogP contribution in [0.3, 0.4) is 0 Å². The van der Waals surface area contributed by atoms with Crippen LogP contribution in [0.4, 0.5) is 11.4 Å². The van der Waals surface area contributed by atoms with Gasteiger partial charge in [0.1, 0.15) is 0 Å². The minimum atomic E-state index is 0.761. The van der Waals surface area contributed by atoms with Crippen LogP contribution < -0.4 is 15.9 Å². The number of nitrogens with zero attached hydrogens (tertiary/aromatic N) is 2. The zero-order chi connectivity index (χ0) is 15.1. The fraction of sp³-hybridized carbons (Fsp3) is 0.176. The first-order valence-corrected chi connectivity index (χ1v) is 7.74. The predicted molar refractivity (Wildman–Crippen MR) is 90.5 cm³/mol. The Morgan fingerprint density at radius 1 is 1.00 bits per heavy atom. The van der Waals surface area contributed by atoms with Crippen LogP contribution in [-0.4, -0.2) is 18.1 Å². The number of para-hydroxylation sites is 1. The minimum Gasteiger partial charge on any atom is -0.339 e. The molecule has 0 aromatic heterocycles. The summed E-state index contributed by atoms with van der Waals surface area (Å²) in [6.07, 6.45) is 0. The SMILES string of the molecule is CC1=C2c3ccccc3N(c3ccc(Cl)cc3)CCN2NN1. The number of benzene rings is 2. The van der Waals surface area contributed by atoms with Crippen molar-refractivity contribution in [2.45, 2.75) is 6.92 Å². The highest BCUT2D eigenvalue weighted by molar-refractivity contribution is 6.30. The van der Waals surface area contributed by atoms with E-state index < -0.39 is 0 Å². The van der Waals surface area contributed by atoms with Crippen molar-refractivity contribution in [1.29, 1.82) is 0 Å². The standard InChI is InChI=1S/C17H17ClN4/c1-12-17-15-4-2-3-5-16(15)21(10-11-22(17)20-19-12)14-8-6-13(18)7-9-14/h2-9,19-20H,10-11H2,1H3. The number of anilines is 2. The van der Waals surface area contributed by atoms with Gasteiger partial charge < -0.3 is 10.3 Å². The summed E-state index contributed by atoms with van der Waals surface area (Å²) >= 11 is 6.03. The third-order valence-corrected chi connectivity index (χ3v) is 4.39. The van der Waals surface area contributed by atoms with Crippen molar-refractivity contribution in [1.82, 2.24) is 16.0 Å². The molecule has 0 aliphatic carbocycles. The molecule has 0 spiro atoms. The Kier molecular flexibility index (Phi) is 3.21. The second-order valence-corrected chi connectivity index (χ2v) is 5.94. The fourth-order valence-corrected chi connectivity index (χ4v) is 3.23. The molecule has 2 aromatic carbocycles. The molecule has 2 heterocycles. The Balaban J connectivity index is 1.86. The summed E-state index contributed by atoms with van der Waals surface area (Å²) in [7, 11) is 0. The van der Waals surface area contributed by atoms with Gasteiger partial charge in [0.15, 0.2) is 0 Å². The van der Waals surface area contributed by atoms with Crippen LogP contribution in [0.2, 0.25) is 5.02 Å². The van der Waals surface area contributed by atoms with Crippen molar-refractivity contribution in [2.24, 2.45) is 0 Å². The molecule has 0 unspecified atom stereocenters. The van der Waals surface area contributed by atoms with Crippen molar-refractivity contribution >= 4 is 28.7 Å². The summed E-state index contributed by atoms with van der Waals surface area (Å²) in [6, 6.07) is 16.5. The highest BCUT2D eigenvalue weighted by atomic mass is 35.5. The summed E-state index contributed by atoms with van der Waals surface area (Å²) in [5.74, 6) is 0. The van der Waals surface area contributed by atoms with Gasteiger partial charge in [0.2, 0.25) is 0 Å². The molecule has 0 bridgehead atoms. The highest BCUT2D eigenvalue weighted by Crippen LogP contribution is 2.38. The van der Waals surface area contributed by atoms with E-state index in [4.69, 9.17) is 11.6 Å². The molecule has 2 aromatic rings. The molecule has 4 nitrogen and oxygen atoms in total. The molecule has 2 N–H and O–H groups in total. The van der Waals surface area contributed by atoms with Gasteiger partial charge >= 0.3 is 0 Å². The number of rotatable bonds is 1. The molecule has 0 saturated heterocycles. The molecule has 2 aliphatic rings. The molecule has 0 amide bonds. The van der Waals surface area contributed by atoms with Crippen molar-refractivity contribution in [3.8, 4) is 0 Å². The largest absolute Gasteiger partial charge is 0.339 e. The number of hydrogen-bond donors (Lipinski definition) is 2. The summed E-state index contributed by atoms with van der Waals surface area (Å²) in [5, 5.41) is 2.93. The molecule has 0 saturated carbocycles. The van der Waals surface area contributed by atoms with Gasteiger partial charge in [-0.05, 0) is 37.3 Å². The normalized spacial score (nSPS) is 17.0. The Morgan fingerprint density at radius 2 is 1.77 bits per heavy atom. The maximum absolute atomic E-state index is 6.03. The molecule has 112 valence electrons. The number of nitrogens with one attached hydrogen (secondary N) is 2. The van der Waals surface area contributed by atoms with Gasteiger partial charge in [0.05, 0.1) is 23.6 Å². The first-order chi connectivity index (χ1) is 10.7. The van der Waals surface area contributed by atoms with Gasteiger partial charge in [0.25, 0.3) is 0 Å². The van der Waals surface area contributed by atoms with Gasteiger partial charge in [-0.1, -0.05) is 29.8 Å². The van der Waals surface area contributed by atoms with Gasteiger partial charge in [-0.3, -0.25) is 5.01 Å². The fourth-order valence-electron chi connectivity index (χ4n) is 3.10. The average molecular weight is 313 g/mol. The van der Waals surface area contributed by atoms with Gasteiger partial charge in [-0.15, -0.1) is 5.53 Å². The Morgan fingerprint density at radius 3 is 2.59 bits per heavy atom. The Hall–Kier alpha value is -2.17. The lowest BCUT2D eigenvalue weighted by Gasteiger charge is -2.25. The van der Waals surface area contributed by atoms with Crippen LogP contribution in [0.25, 0.3) is 5.70 Å². The maximum atomic E-state index is 6.03. The summed E-state index contributed by atoms with van der Waals surface area (Å²) in [4.78, 5) is 2.34. The smallest absolute Gasteiger partial charge is 0.0832 e. The molecule has 5 heteroatoms. The predicted octanol–water partition coefficient (Wildman–Crippen LogP) is 3.51. The quantitative estimate of drug-likeness (QED) is 0.843. The van der Waals surface area contributed by atoms with Crippen molar-refractivity contribution in [2.75, 3.05) is 18.0 Å². The van der Waals surface area contributed by atoms with E-state index in [1.54, 1.807) is 0 Å². The lowest BCUT2D eigenvalue weighted by Crippen LogP contribution is -2.40. The van der Waals surface area contributed by atoms with E-state index in [0.29, 0.717) is 0 Å². The van der Waals surface area contributed by atoms with E-state index in [-0.39, 0.29) is 0 Å². The Labute approximate surface area is 134 Å². The number of fused-ring (bicyclic) bond motifs is 3. The Bertz CT molecular complexity index is 739. The molecule has 22 heavy (non-hydrogen) atoms. The first kappa shape index (κ1) is 13.5. The average Bonchev–Trinajstić information content (AvgIpc) is 2.82. The van der Waals surface area contributed by atoms with E-state index in [0.717, 1.165) is 29.5 Å². The van der Waals surface area contributed by atoms with Crippen LogP contribution in [0.5, 0.6) is 0 Å². The molecule has 0 radical (unpaired) electrons. The summed E-state index contributed by atoms with van der Waals surface area (Å²) < 4.78 is 0. The minimum absolute atomic E-state index is 0.761. The second-order valence-electron chi connectivity index (χ2n) is 5.51. The van der Waals surface area contributed by atoms with Crippen LogP contribution in [0.1, 0.15) is 12.5 Å². The third-order valence-electron chi connectivity index (χ3n) is 4.14. The number of halogens is 1. The van der Waals surface area contributed by atoms with Crippen molar-refractivity contribution in [3.63, 3.8) is 0 Å². The van der Waals surface area contributed by atoms with Crippen LogP contribution in [-0.2, 0) is 0 Å². The van der Waals surface area contributed by atoms with Crippen LogP contribution in [0, 0.1) is 0 Å². The van der Waals surface area contributed by atoms with Gasteiger partial charge in [-0.25, -0.2) is 0 Å². The van der Waals surface area contributed by atoms with E-state index in [1.807, 2.05) is 12.1 Å². The number of hydrazine groups is 2. The third kappa shape index (κ3) is 2.12. The molecule has 0 atom stereocenters. The van der Waals surface area contributed by atoms with Crippen LogP contribution >= 0.6 is 11.6 Å². The summed E-state index contributed by atoms with van der Waals surface area (Å²) in [6.45, 7) is 3.87. The van der Waals surface area contributed by atoms with Crippen molar-refractivity contribution < 1.29 is 0 Å². The van der Waals surface area contributed by atoms with E-state index in [9.17, 15) is 0 Å². The van der Waals surface area contributed by atoms with Crippen LogP contribution in [0.15, 0.2) is 54.2 Å². The first-order valence-electron chi connectivity index (χ1n) is 7.36. The lowest BCUT2D eigenvalue weighted by molar-refractivity contribution is 0.294. The molecular weight excluding hydrogens is 296 g/mol. The monoisotopic (exact) mass is 312 g/mol. The molecule has 4 rings (SSSR count). The number of allylic oxidation sites excluding steroid dienone is 1. The zero-order valence-corrected chi connectivity index (χ0v) is 13.1. The molecule has 0 fully saturated rings. The number of hydrogen-bond acceptors (Lipinski definition) is 4. The van der Waals surface area contributed by atoms with Gasteiger partial charge in [0, 0.05) is 22.8 Å². The van der Waals surface area contributed by atoms with Gasteiger partial charge in [-0.2, -0.15) is 0 Å². The topological polar surface area (TPSA) is 30.5 Å². The molecule has 2 aliphatic heterocycles. The second kappa shape index (κ2) is 5.23. The zero-order valence-electron chi connectivity index (χ0n) is 12.3. The van der Waals surface area contributed by atoms with E-state index in [2.05, 4.69) is 64.2 Å².